The van der Waals surface area contributed by atoms with Gasteiger partial charge in [-0.1, -0.05) is 0 Å². The van der Waals surface area contributed by atoms with E-state index in [1.165, 1.54) is 12.8 Å². The Morgan fingerprint density at radius 2 is 2.06 bits per heavy atom. The summed E-state index contributed by atoms with van der Waals surface area (Å²) in [5.74, 6) is 0.419. The number of ether oxygens (including phenoxy) is 3. The molecule has 0 radical (unpaired) electrons. The molecule has 0 N–H and O–H groups in total. The molecule has 0 saturated carbocycles. The third-order valence-electron chi connectivity index (χ3n) is 3.19. The van der Waals surface area contributed by atoms with Crippen LogP contribution in [-0.4, -0.2) is 64.0 Å². The molecule has 0 spiro atoms. The molecule has 0 aromatic heterocycles. The first-order chi connectivity index (χ1) is 8.76. The number of rotatable bonds is 8. The maximum absolute atomic E-state index is 11.0. The highest BCUT2D eigenvalue weighted by Gasteiger charge is 2.18. The molecule has 0 atom stereocenters. The number of esters is 1. The van der Waals surface area contributed by atoms with Gasteiger partial charge in [-0.05, 0) is 38.8 Å². The van der Waals surface area contributed by atoms with Gasteiger partial charge in [0.25, 0.3) is 0 Å². The fourth-order valence-corrected chi connectivity index (χ4v) is 2.16. The first kappa shape index (κ1) is 15.4. The zero-order valence-corrected chi connectivity index (χ0v) is 11.5. The first-order valence-corrected chi connectivity index (χ1v) is 6.71. The fourth-order valence-electron chi connectivity index (χ4n) is 2.16. The molecule has 18 heavy (non-hydrogen) atoms. The molecule has 0 aliphatic carbocycles. The maximum Gasteiger partial charge on any atom is 0.332 e. The van der Waals surface area contributed by atoms with Crippen molar-refractivity contribution in [2.24, 2.45) is 5.92 Å². The molecular formula is C13H25NO4. The van der Waals surface area contributed by atoms with Crippen molar-refractivity contribution in [3.05, 3.63) is 0 Å². The topological polar surface area (TPSA) is 48.0 Å². The van der Waals surface area contributed by atoms with E-state index in [0.29, 0.717) is 19.1 Å². The molecule has 1 aliphatic heterocycles. The van der Waals surface area contributed by atoms with Crippen molar-refractivity contribution in [1.29, 1.82) is 0 Å². The lowest BCUT2D eigenvalue weighted by Crippen LogP contribution is -2.37. The van der Waals surface area contributed by atoms with Gasteiger partial charge in [0.05, 0.1) is 13.2 Å². The molecule has 5 nitrogen and oxygen atoms in total. The second kappa shape index (κ2) is 9.30. The molecule has 0 amide bonds. The van der Waals surface area contributed by atoms with Gasteiger partial charge < -0.3 is 19.1 Å². The highest BCUT2D eigenvalue weighted by molar-refractivity contribution is 5.70. The molecule has 0 unspecified atom stereocenters. The van der Waals surface area contributed by atoms with Gasteiger partial charge in [-0.3, -0.25) is 0 Å². The second-order valence-corrected chi connectivity index (χ2v) is 4.60. The molecule has 1 saturated heterocycles. The highest BCUT2D eigenvalue weighted by Crippen LogP contribution is 2.16. The van der Waals surface area contributed by atoms with Crippen LogP contribution in [0.5, 0.6) is 0 Å². The second-order valence-electron chi connectivity index (χ2n) is 4.60. The standard InChI is InChI=1S/C13H25NO4/c1-3-18-13(15)11-17-9-8-14-6-4-12(5-7-14)10-16-2/h12H,3-11H2,1-2H3. The van der Waals surface area contributed by atoms with Gasteiger partial charge in [-0.15, -0.1) is 0 Å². The number of piperidine rings is 1. The van der Waals surface area contributed by atoms with Gasteiger partial charge in [0.2, 0.25) is 0 Å². The quantitative estimate of drug-likeness (QED) is 0.479. The summed E-state index contributed by atoms with van der Waals surface area (Å²) in [5.41, 5.74) is 0. The van der Waals surface area contributed by atoms with Crippen LogP contribution in [0.15, 0.2) is 0 Å². The van der Waals surface area contributed by atoms with Crippen LogP contribution in [0, 0.1) is 5.92 Å². The summed E-state index contributed by atoms with van der Waals surface area (Å²) in [6.45, 7) is 6.80. The Hall–Kier alpha value is -0.650. The molecule has 1 rings (SSSR count). The minimum absolute atomic E-state index is 0.0635. The summed E-state index contributed by atoms with van der Waals surface area (Å²) in [6, 6.07) is 0. The van der Waals surface area contributed by atoms with Crippen molar-refractivity contribution in [1.82, 2.24) is 4.90 Å². The Labute approximate surface area is 109 Å². The van der Waals surface area contributed by atoms with Crippen LogP contribution >= 0.6 is 0 Å². The van der Waals surface area contributed by atoms with Gasteiger partial charge in [0, 0.05) is 20.3 Å². The number of hydrogen-bond acceptors (Lipinski definition) is 5. The summed E-state index contributed by atoms with van der Waals surface area (Å²) in [7, 11) is 1.76. The summed E-state index contributed by atoms with van der Waals surface area (Å²) in [6.07, 6.45) is 2.37. The minimum atomic E-state index is -0.281. The third-order valence-corrected chi connectivity index (χ3v) is 3.19. The lowest BCUT2D eigenvalue weighted by Gasteiger charge is -2.31. The number of hydrogen-bond donors (Lipinski definition) is 0. The molecule has 1 fully saturated rings. The van der Waals surface area contributed by atoms with Crippen molar-refractivity contribution in [2.45, 2.75) is 19.8 Å². The van der Waals surface area contributed by atoms with Gasteiger partial charge in [-0.25, -0.2) is 4.79 Å². The Balaban J connectivity index is 1.99. The predicted octanol–water partition coefficient (Wildman–Crippen LogP) is 0.925. The number of likely N-dealkylation sites (tertiary alicyclic amines) is 1. The van der Waals surface area contributed by atoms with Crippen molar-refractivity contribution in [2.75, 3.05) is 53.2 Å². The highest BCUT2D eigenvalue weighted by atomic mass is 16.6. The smallest absolute Gasteiger partial charge is 0.332 e. The van der Waals surface area contributed by atoms with E-state index < -0.39 is 0 Å². The van der Waals surface area contributed by atoms with E-state index in [-0.39, 0.29) is 12.6 Å². The van der Waals surface area contributed by atoms with Gasteiger partial charge in [-0.2, -0.15) is 0 Å². The summed E-state index contributed by atoms with van der Waals surface area (Å²) >= 11 is 0. The maximum atomic E-state index is 11.0. The van der Waals surface area contributed by atoms with E-state index in [1.807, 2.05) is 0 Å². The zero-order chi connectivity index (χ0) is 13.2. The van der Waals surface area contributed by atoms with Crippen LogP contribution in [0.4, 0.5) is 0 Å². The number of methoxy groups -OCH3 is 1. The molecule has 0 bridgehead atoms. The van der Waals surface area contributed by atoms with Gasteiger partial charge >= 0.3 is 5.97 Å². The monoisotopic (exact) mass is 259 g/mol. The molecular weight excluding hydrogens is 234 g/mol. The summed E-state index contributed by atoms with van der Waals surface area (Å²) in [4.78, 5) is 13.4. The third kappa shape index (κ3) is 6.33. The Morgan fingerprint density at radius 3 is 2.67 bits per heavy atom. The van der Waals surface area contributed by atoms with E-state index in [4.69, 9.17) is 14.2 Å². The molecule has 0 aromatic carbocycles. The van der Waals surface area contributed by atoms with Crippen molar-refractivity contribution in [3.8, 4) is 0 Å². The lowest BCUT2D eigenvalue weighted by molar-refractivity contribution is -0.148. The molecule has 1 heterocycles. The van der Waals surface area contributed by atoms with E-state index in [0.717, 1.165) is 26.2 Å². The van der Waals surface area contributed by atoms with Crippen molar-refractivity contribution in [3.63, 3.8) is 0 Å². The minimum Gasteiger partial charge on any atom is -0.464 e. The SMILES string of the molecule is CCOC(=O)COCCN1CCC(COC)CC1. The van der Waals surface area contributed by atoms with Crippen LogP contribution < -0.4 is 0 Å². The van der Waals surface area contributed by atoms with Crippen molar-refractivity contribution >= 4 is 5.97 Å². The summed E-state index contributed by atoms with van der Waals surface area (Å²) < 4.78 is 15.2. The van der Waals surface area contributed by atoms with Crippen LogP contribution in [0.2, 0.25) is 0 Å². The summed E-state index contributed by atoms with van der Waals surface area (Å²) in [5, 5.41) is 0. The van der Waals surface area contributed by atoms with E-state index in [1.54, 1.807) is 14.0 Å². The predicted molar refractivity (Wildman–Crippen MR) is 68.5 cm³/mol. The largest absolute Gasteiger partial charge is 0.464 e. The number of carbonyl (C=O) groups is 1. The van der Waals surface area contributed by atoms with E-state index in [2.05, 4.69) is 4.90 Å². The Kier molecular flexibility index (Phi) is 7.96. The van der Waals surface area contributed by atoms with Crippen molar-refractivity contribution < 1.29 is 19.0 Å². The molecule has 106 valence electrons. The van der Waals surface area contributed by atoms with E-state index >= 15 is 0 Å². The Bertz CT molecular complexity index is 227. The molecule has 0 aromatic rings. The van der Waals surface area contributed by atoms with Gasteiger partial charge in [0.15, 0.2) is 0 Å². The van der Waals surface area contributed by atoms with Crippen LogP contribution in [-0.2, 0) is 19.0 Å². The molecule has 5 heteroatoms. The number of nitrogens with zero attached hydrogens (tertiary/aromatic N) is 1. The average Bonchev–Trinajstić information content (AvgIpc) is 2.37. The van der Waals surface area contributed by atoms with Crippen LogP contribution in [0.1, 0.15) is 19.8 Å². The first-order valence-electron chi connectivity index (χ1n) is 6.71. The molecule has 1 aliphatic rings. The Morgan fingerprint density at radius 1 is 1.33 bits per heavy atom. The normalized spacial score (nSPS) is 17.9. The fraction of sp³-hybridized carbons (Fsp3) is 0.923. The van der Waals surface area contributed by atoms with Gasteiger partial charge in [0.1, 0.15) is 6.61 Å². The van der Waals surface area contributed by atoms with E-state index in [9.17, 15) is 4.79 Å². The van der Waals surface area contributed by atoms with Crippen LogP contribution in [0.3, 0.4) is 0 Å². The number of carbonyl (C=O) groups excluding carboxylic acids is 1. The van der Waals surface area contributed by atoms with Crippen LogP contribution in [0.25, 0.3) is 0 Å². The lowest BCUT2D eigenvalue weighted by atomic mass is 9.98. The zero-order valence-electron chi connectivity index (χ0n) is 11.5. The average molecular weight is 259 g/mol.